The monoisotopic (exact) mass is 526 g/mol. The first-order chi connectivity index (χ1) is 19.4. The van der Waals surface area contributed by atoms with Gasteiger partial charge in [-0.1, -0.05) is 60.7 Å². The molecule has 1 N–H and O–H groups in total. The predicted octanol–water partition coefficient (Wildman–Crippen LogP) is 8.21. The van der Waals surface area contributed by atoms with E-state index in [2.05, 4.69) is 120 Å². The first-order valence-electron chi connectivity index (χ1n) is 13.3. The molecule has 198 valence electrons. The van der Waals surface area contributed by atoms with Crippen LogP contribution in [0.25, 0.3) is 21.9 Å². The maximum absolute atomic E-state index is 11.2. The fourth-order valence-electron chi connectivity index (χ4n) is 4.85. The minimum Gasteiger partial charge on any atom is -0.310 e. The van der Waals surface area contributed by atoms with Gasteiger partial charge in [0, 0.05) is 36.1 Å². The SMILES string of the molecule is C/C=C(\C=C(/C)[NH+](C)c1ccc(-c2ccc(N(c3ccccc3)c3ccc4ccccc4c3)cc2)cc1)[N+](=O)[O-]. The van der Waals surface area contributed by atoms with E-state index in [1.165, 1.54) is 16.8 Å². The molecule has 0 aliphatic heterocycles. The van der Waals surface area contributed by atoms with Gasteiger partial charge in [-0.25, -0.2) is 0 Å². The number of nitrogens with one attached hydrogen (secondary N) is 1. The molecule has 5 rings (SSSR count). The largest absolute Gasteiger partial charge is 0.310 e. The maximum Gasteiger partial charge on any atom is 0.270 e. The molecule has 5 aromatic rings. The first-order valence-corrected chi connectivity index (χ1v) is 13.3. The summed E-state index contributed by atoms with van der Waals surface area (Å²) in [4.78, 5) is 14.1. The van der Waals surface area contributed by atoms with Crippen molar-refractivity contribution in [3.8, 4) is 11.1 Å². The van der Waals surface area contributed by atoms with Gasteiger partial charge in [0.2, 0.25) is 0 Å². The van der Waals surface area contributed by atoms with Gasteiger partial charge in [-0.2, -0.15) is 0 Å². The van der Waals surface area contributed by atoms with Gasteiger partial charge < -0.3 is 4.90 Å². The summed E-state index contributed by atoms with van der Waals surface area (Å²) in [5.41, 5.74) is 7.53. The van der Waals surface area contributed by atoms with Crippen LogP contribution < -0.4 is 9.80 Å². The predicted molar refractivity (Wildman–Crippen MR) is 165 cm³/mol. The van der Waals surface area contributed by atoms with Crippen molar-refractivity contribution in [1.82, 2.24) is 0 Å². The van der Waals surface area contributed by atoms with E-state index in [1.807, 2.05) is 20.0 Å². The first kappa shape index (κ1) is 26.6. The van der Waals surface area contributed by atoms with E-state index < -0.39 is 0 Å². The zero-order chi connectivity index (χ0) is 28.1. The van der Waals surface area contributed by atoms with Crippen LogP contribution in [-0.4, -0.2) is 12.0 Å². The second kappa shape index (κ2) is 11.8. The third-order valence-electron chi connectivity index (χ3n) is 7.24. The molecule has 1 atom stereocenters. The van der Waals surface area contributed by atoms with E-state index in [0.29, 0.717) is 0 Å². The molecule has 0 radical (unpaired) electrons. The number of hydrogen-bond acceptors (Lipinski definition) is 3. The summed E-state index contributed by atoms with van der Waals surface area (Å²) in [5.74, 6) is 0. The lowest BCUT2D eigenvalue weighted by atomic mass is 10.0. The quantitative estimate of drug-likeness (QED) is 0.126. The van der Waals surface area contributed by atoms with Crippen LogP contribution in [-0.2, 0) is 0 Å². The van der Waals surface area contributed by atoms with Crippen LogP contribution in [0.3, 0.4) is 0 Å². The van der Waals surface area contributed by atoms with Gasteiger partial charge in [0.25, 0.3) is 5.70 Å². The molecule has 1 unspecified atom stereocenters. The van der Waals surface area contributed by atoms with Crippen LogP contribution in [0.1, 0.15) is 13.8 Å². The topological polar surface area (TPSA) is 50.8 Å². The van der Waals surface area contributed by atoms with Crippen molar-refractivity contribution < 1.29 is 9.82 Å². The van der Waals surface area contributed by atoms with Gasteiger partial charge in [0.1, 0.15) is 11.4 Å². The van der Waals surface area contributed by atoms with Crippen LogP contribution >= 0.6 is 0 Å². The molecule has 0 saturated carbocycles. The zero-order valence-corrected chi connectivity index (χ0v) is 22.9. The number of allylic oxidation sites excluding steroid dienone is 3. The van der Waals surface area contributed by atoms with Crippen LogP contribution in [0.5, 0.6) is 0 Å². The van der Waals surface area contributed by atoms with Gasteiger partial charge in [-0.15, -0.1) is 0 Å². The number of nitro groups is 1. The van der Waals surface area contributed by atoms with Gasteiger partial charge in [0.15, 0.2) is 0 Å². The summed E-state index contributed by atoms with van der Waals surface area (Å²) in [6.45, 7) is 3.58. The summed E-state index contributed by atoms with van der Waals surface area (Å²) < 4.78 is 0. The Morgan fingerprint density at radius 3 is 1.90 bits per heavy atom. The van der Waals surface area contributed by atoms with Crippen molar-refractivity contribution in [2.75, 3.05) is 11.9 Å². The second-order valence-corrected chi connectivity index (χ2v) is 9.75. The van der Waals surface area contributed by atoms with Crippen molar-refractivity contribution >= 4 is 33.5 Å². The molecular weight excluding hydrogens is 494 g/mol. The number of nitrogens with zero attached hydrogens (tertiary/aromatic N) is 2. The van der Waals surface area contributed by atoms with Gasteiger partial charge in [-0.05, 0) is 83.4 Å². The Morgan fingerprint density at radius 2 is 1.27 bits per heavy atom. The number of quaternary nitrogens is 1. The van der Waals surface area contributed by atoms with Gasteiger partial charge in [0.05, 0.1) is 18.0 Å². The van der Waals surface area contributed by atoms with E-state index in [-0.39, 0.29) is 10.6 Å². The minimum atomic E-state index is -0.359. The third-order valence-corrected chi connectivity index (χ3v) is 7.24. The highest BCUT2D eigenvalue weighted by atomic mass is 16.6. The van der Waals surface area contributed by atoms with Crippen molar-refractivity contribution in [2.24, 2.45) is 0 Å². The Kier molecular flexibility index (Phi) is 7.85. The molecule has 0 heterocycles. The number of benzene rings is 5. The summed E-state index contributed by atoms with van der Waals surface area (Å²) in [5, 5.41) is 13.6. The van der Waals surface area contributed by atoms with Crippen LogP contribution in [0.4, 0.5) is 22.7 Å². The highest BCUT2D eigenvalue weighted by Gasteiger charge is 2.15. The van der Waals surface area contributed by atoms with Crippen molar-refractivity contribution in [3.63, 3.8) is 0 Å². The maximum atomic E-state index is 11.2. The molecule has 5 heteroatoms. The lowest BCUT2D eigenvalue weighted by Crippen LogP contribution is -3.01. The van der Waals surface area contributed by atoms with Crippen LogP contribution in [0.2, 0.25) is 0 Å². The Hall–Kier alpha value is -5.00. The van der Waals surface area contributed by atoms with Crippen LogP contribution in [0.15, 0.2) is 145 Å². The second-order valence-electron chi connectivity index (χ2n) is 9.75. The average Bonchev–Trinajstić information content (AvgIpc) is 3.00. The molecule has 0 amide bonds. The standard InChI is InChI=1S/C35H31N3O2/c1-4-31(38(39)40)24-26(2)36(3)32-19-14-28(15-20-32)29-16-21-34(22-17-29)37(33-12-6-5-7-13-33)35-23-18-27-10-8-9-11-30(27)25-35/h4-25H,1-3H3/p+1/b26-24+,31-4+. The Labute approximate surface area is 235 Å². The molecule has 0 saturated heterocycles. The van der Waals surface area contributed by atoms with E-state index >= 15 is 0 Å². The normalized spacial score (nSPS) is 12.8. The van der Waals surface area contributed by atoms with Gasteiger partial charge in [-0.3, -0.25) is 15.0 Å². The molecule has 0 aromatic heterocycles. The molecule has 40 heavy (non-hydrogen) atoms. The summed E-state index contributed by atoms with van der Waals surface area (Å²) in [6, 6.07) is 42.4. The Morgan fingerprint density at radius 1 is 0.725 bits per heavy atom. The highest BCUT2D eigenvalue weighted by Crippen LogP contribution is 2.36. The van der Waals surface area contributed by atoms with E-state index in [9.17, 15) is 10.1 Å². The fourth-order valence-corrected chi connectivity index (χ4v) is 4.85. The Balaban J connectivity index is 1.42. The molecule has 0 aliphatic carbocycles. The lowest BCUT2D eigenvalue weighted by molar-refractivity contribution is -0.766. The highest BCUT2D eigenvalue weighted by molar-refractivity contribution is 5.89. The van der Waals surface area contributed by atoms with Crippen molar-refractivity contribution in [2.45, 2.75) is 13.8 Å². The van der Waals surface area contributed by atoms with Crippen LogP contribution in [0, 0.1) is 10.1 Å². The summed E-state index contributed by atoms with van der Waals surface area (Å²) in [6.07, 6.45) is 3.14. The summed E-state index contributed by atoms with van der Waals surface area (Å²) >= 11 is 0. The fraction of sp³-hybridized carbons (Fsp3) is 0.0857. The average molecular weight is 527 g/mol. The van der Waals surface area contributed by atoms with Crippen molar-refractivity contribution in [1.29, 1.82) is 0 Å². The molecule has 0 bridgehead atoms. The third kappa shape index (κ3) is 5.70. The number of fused-ring (bicyclic) bond motifs is 1. The van der Waals surface area contributed by atoms with Crippen molar-refractivity contribution in [3.05, 3.63) is 155 Å². The van der Waals surface area contributed by atoms with E-state index in [1.54, 1.807) is 13.0 Å². The minimum absolute atomic E-state index is 0.0989. The number of para-hydroxylation sites is 1. The number of hydrogen-bond donors (Lipinski definition) is 1. The molecule has 5 nitrogen and oxygen atoms in total. The number of rotatable bonds is 8. The zero-order valence-electron chi connectivity index (χ0n) is 22.9. The Bertz CT molecular complexity index is 1690. The lowest BCUT2D eigenvalue weighted by Gasteiger charge is -2.26. The molecule has 0 fully saturated rings. The molecule has 5 aromatic carbocycles. The molecule has 0 aliphatic rings. The molecular formula is C35H32N3O2+. The van der Waals surface area contributed by atoms with E-state index in [4.69, 9.17) is 0 Å². The molecule has 0 spiro atoms. The van der Waals surface area contributed by atoms with Gasteiger partial charge >= 0.3 is 0 Å². The smallest absolute Gasteiger partial charge is 0.270 e. The van der Waals surface area contributed by atoms with E-state index in [0.717, 1.165) is 44.5 Å². The number of anilines is 3. The summed E-state index contributed by atoms with van der Waals surface area (Å²) in [7, 11) is 1.99.